The lowest BCUT2D eigenvalue weighted by Crippen LogP contribution is -2.45. The van der Waals surface area contributed by atoms with Crippen LogP contribution < -0.4 is 10.1 Å². The number of carboxylic acids is 1. The maximum atomic E-state index is 12.3. The minimum absolute atomic E-state index is 0.130. The minimum Gasteiger partial charge on any atom is -0.494 e. The van der Waals surface area contributed by atoms with Gasteiger partial charge >= 0.3 is 5.97 Å². The highest BCUT2D eigenvalue weighted by atomic mass is 16.5. The number of nitrogens with one attached hydrogen (secondary N) is 1. The first-order valence-corrected chi connectivity index (χ1v) is 11.8. The summed E-state index contributed by atoms with van der Waals surface area (Å²) >= 11 is 0. The topological polar surface area (TPSA) is 75.6 Å². The van der Waals surface area contributed by atoms with Crippen LogP contribution in [0.5, 0.6) is 5.75 Å². The Balaban J connectivity index is 2.23. The van der Waals surface area contributed by atoms with E-state index < -0.39 is 12.0 Å². The van der Waals surface area contributed by atoms with Gasteiger partial charge in [-0.05, 0) is 36.6 Å². The monoisotopic (exact) mass is 419 g/mol. The second-order valence-corrected chi connectivity index (χ2v) is 8.23. The van der Waals surface area contributed by atoms with Gasteiger partial charge in [0, 0.05) is 5.56 Å². The van der Waals surface area contributed by atoms with Crippen molar-refractivity contribution in [3.8, 4) is 5.75 Å². The van der Waals surface area contributed by atoms with Gasteiger partial charge in [0.15, 0.2) is 0 Å². The van der Waals surface area contributed by atoms with Gasteiger partial charge in [-0.3, -0.25) is 4.79 Å². The van der Waals surface area contributed by atoms with Crippen molar-refractivity contribution in [3.63, 3.8) is 0 Å². The number of aliphatic carboxylic acids is 1. The van der Waals surface area contributed by atoms with E-state index in [0.717, 1.165) is 12.2 Å². The average Bonchev–Trinajstić information content (AvgIpc) is 2.75. The first-order valence-electron chi connectivity index (χ1n) is 11.8. The van der Waals surface area contributed by atoms with E-state index in [1.165, 1.54) is 57.8 Å². The molecule has 5 heteroatoms. The van der Waals surface area contributed by atoms with Gasteiger partial charge in [-0.1, -0.05) is 85.0 Å². The predicted molar refractivity (Wildman–Crippen MR) is 122 cm³/mol. The lowest BCUT2D eigenvalue weighted by Gasteiger charge is -2.20. The quantitative estimate of drug-likeness (QED) is 0.294. The SMILES string of the molecule is CCCCCCCCCCCCOc1ccc(C(=O)N[C@H](C(=O)O)[C@@H](C)CC)cc1. The summed E-state index contributed by atoms with van der Waals surface area (Å²) in [5.74, 6) is -0.771. The zero-order valence-electron chi connectivity index (χ0n) is 19.1. The van der Waals surface area contributed by atoms with E-state index in [4.69, 9.17) is 4.74 Å². The van der Waals surface area contributed by atoms with Crippen molar-refractivity contribution in [2.75, 3.05) is 6.61 Å². The Morgan fingerprint density at radius 3 is 1.93 bits per heavy atom. The molecule has 2 N–H and O–H groups in total. The van der Waals surface area contributed by atoms with Crippen molar-refractivity contribution in [1.29, 1.82) is 0 Å². The summed E-state index contributed by atoms with van der Waals surface area (Å²) in [7, 11) is 0. The molecule has 0 unspecified atom stereocenters. The van der Waals surface area contributed by atoms with Crippen LogP contribution in [-0.4, -0.2) is 29.6 Å². The number of unbranched alkanes of at least 4 members (excludes halogenated alkanes) is 9. The fourth-order valence-corrected chi connectivity index (χ4v) is 3.39. The molecule has 0 aromatic heterocycles. The molecule has 0 aliphatic carbocycles. The highest BCUT2D eigenvalue weighted by Crippen LogP contribution is 2.15. The van der Waals surface area contributed by atoms with Crippen molar-refractivity contribution < 1.29 is 19.4 Å². The third kappa shape index (κ3) is 10.7. The van der Waals surface area contributed by atoms with Crippen LogP contribution in [0.25, 0.3) is 0 Å². The van der Waals surface area contributed by atoms with Gasteiger partial charge < -0.3 is 15.2 Å². The average molecular weight is 420 g/mol. The Bertz CT molecular complexity index is 600. The maximum Gasteiger partial charge on any atom is 0.326 e. The molecule has 2 atom stereocenters. The van der Waals surface area contributed by atoms with Crippen molar-refractivity contribution >= 4 is 11.9 Å². The number of rotatable bonds is 17. The zero-order valence-corrected chi connectivity index (χ0v) is 19.1. The van der Waals surface area contributed by atoms with Crippen LogP contribution in [0, 0.1) is 5.92 Å². The Hall–Kier alpha value is -2.04. The number of benzene rings is 1. The van der Waals surface area contributed by atoms with Gasteiger partial charge in [0.1, 0.15) is 11.8 Å². The molecule has 0 saturated heterocycles. The van der Waals surface area contributed by atoms with E-state index >= 15 is 0 Å². The molecule has 1 aromatic carbocycles. The summed E-state index contributed by atoms with van der Waals surface area (Å²) in [6.45, 7) is 6.66. The number of carbonyl (C=O) groups excluding carboxylic acids is 1. The van der Waals surface area contributed by atoms with Crippen LogP contribution >= 0.6 is 0 Å². The summed E-state index contributed by atoms with van der Waals surface area (Å²) in [5.41, 5.74) is 0.441. The lowest BCUT2D eigenvalue weighted by molar-refractivity contribution is -0.140. The van der Waals surface area contributed by atoms with Crippen LogP contribution in [-0.2, 0) is 4.79 Å². The Morgan fingerprint density at radius 2 is 1.43 bits per heavy atom. The Morgan fingerprint density at radius 1 is 0.900 bits per heavy atom. The van der Waals surface area contributed by atoms with E-state index in [0.29, 0.717) is 18.6 Å². The first-order chi connectivity index (χ1) is 14.5. The molecule has 0 saturated carbocycles. The van der Waals surface area contributed by atoms with Crippen molar-refractivity contribution in [3.05, 3.63) is 29.8 Å². The molecular weight excluding hydrogens is 378 g/mol. The summed E-state index contributed by atoms with van der Waals surface area (Å²) in [6.07, 6.45) is 13.6. The zero-order chi connectivity index (χ0) is 22.2. The van der Waals surface area contributed by atoms with Crippen LogP contribution in [0.2, 0.25) is 0 Å². The van der Waals surface area contributed by atoms with Crippen LogP contribution in [0.3, 0.4) is 0 Å². The second-order valence-electron chi connectivity index (χ2n) is 8.23. The van der Waals surface area contributed by atoms with E-state index in [2.05, 4.69) is 12.2 Å². The maximum absolute atomic E-state index is 12.3. The summed E-state index contributed by atoms with van der Waals surface area (Å²) < 4.78 is 5.76. The normalized spacial score (nSPS) is 12.9. The van der Waals surface area contributed by atoms with Gasteiger partial charge in [0.25, 0.3) is 5.91 Å². The molecule has 5 nitrogen and oxygen atoms in total. The van der Waals surface area contributed by atoms with E-state index in [-0.39, 0.29) is 11.8 Å². The molecule has 0 aliphatic heterocycles. The molecule has 30 heavy (non-hydrogen) atoms. The number of hydrogen-bond acceptors (Lipinski definition) is 3. The van der Waals surface area contributed by atoms with Gasteiger partial charge in [0.05, 0.1) is 6.61 Å². The van der Waals surface area contributed by atoms with Gasteiger partial charge in [0.2, 0.25) is 0 Å². The summed E-state index contributed by atoms with van der Waals surface area (Å²) in [6, 6.07) is 6.01. The summed E-state index contributed by atoms with van der Waals surface area (Å²) in [5, 5.41) is 11.9. The van der Waals surface area contributed by atoms with Crippen LogP contribution in [0.15, 0.2) is 24.3 Å². The molecule has 0 radical (unpaired) electrons. The van der Waals surface area contributed by atoms with Crippen molar-refractivity contribution in [2.45, 2.75) is 97.4 Å². The highest BCUT2D eigenvalue weighted by Gasteiger charge is 2.25. The van der Waals surface area contributed by atoms with Crippen molar-refractivity contribution in [2.24, 2.45) is 5.92 Å². The van der Waals surface area contributed by atoms with E-state index in [9.17, 15) is 14.7 Å². The van der Waals surface area contributed by atoms with Crippen LogP contribution in [0.1, 0.15) is 102 Å². The molecule has 0 heterocycles. The highest BCUT2D eigenvalue weighted by molar-refractivity contribution is 5.96. The molecule has 0 aliphatic rings. The second kappa shape index (κ2) is 15.8. The first kappa shape index (κ1) is 26.0. The molecule has 1 rings (SSSR count). The number of carbonyl (C=O) groups is 2. The minimum atomic E-state index is -1.01. The molecule has 1 aromatic rings. The number of hydrogen-bond donors (Lipinski definition) is 2. The Kier molecular flexibility index (Phi) is 13.7. The molecular formula is C25H41NO4. The standard InChI is InChI=1S/C25H41NO4/c1-4-6-7-8-9-10-11-12-13-14-19-30-22-17-15-21(16-18-22)24(27)26-23(25(28)29)20(3)5-2/h15-18,20,23H,4-14,19H2,1-3H3,(H,26,27)(H,28,29)/t20-,23-/m0/s1. The molecule has 0 bridgehead atoms. The van der Waals surface area contributed by atoms with E-state index in [1.54, 1.807) is 24.3 Å². The molecule has 0 spiro atoms. The van der Waals surface area contributed by atoms with Gasteiger partial charge in [-0.25, -0.2) is 4.79 Å². The molecule has 170 valence electrons. The van der Waals surface area contributed by atoms with Gasteiger partial charge in [-0.15, -0.1) is 0 Å². The van der Waals surface area contributed by atoms with E-state index in [1.807, 2.05) is 13.8 Å². The third-order valence-electron chi connectivity index (χ3n) is 5.65. The molecule has 1 amide bonds. The molecule has 0 fully saturated rings. The number of amides is 1. The van der Waals surface area contributed by atoms with Gasteiger partial charge in [-0.2, -0.15) is 0 Å². The Labute approximate surface area is 182 Å². The predicted octanol–water partition coefficient (Wildman–Crippen LogP) is 6.22. The van der Waals surface area contributed by atoms with Crippen molar-refractivity contribution in [1.82, 2.24) is 5.32 Å². The smallest absolute Gasteiger partial charge is 0.326 e. The largest absolute Gasteiger partial charge is 0.494 e. The lowest BCUT2D eigenvalue weighted by atomic mass is 9.99. The fourth-order valence-electron chi connectivity index (χ4n) is 3.39. The third-order valence-corrected chi connectivity index (χ3v) is 5.65. The van der Waals surface area contributed by atoms with Crippen LogP contribution in [0.4, 0.5) is 0 Å². The summed E-state index contributed by atoms with van der Waals surface area (Å²) in [4.78, 5) is 23.7. The number of ether oxygens (including phenoxy) is 1. The fraction of sp³-hybridized carbons (Fsp3) is 0.680. The number of carboxylic acid groups (broad SMARTS) is 1.